The highest BCUT2D eigenvalue weighted by atomic mass is 31.2. The minimum Gasteiger partial charge on any atom is -0.342 e. The molecule has 0 saturated carbocycles. The van der Waals surface area contributed by atoms with E-state index in [1.807, 2.05) is 32.9 Å². The molecule has 1 atom stereocenters. The lowest BCUT2D eigenvalue weighted by molar-refractivity contribution is -0.168. The van der Waals surface area contributed by atoms with Crippen molar-refractivity contribution in [2.24, 2.45) is 0 Å². The van der Waals surface area contributed by atoms with E-state index in [-0.39, 0.29) is 6.16 Å². The topological polar surface area (TPSA) is 57.7 Å². The predicted molar refractivity (Wildman–Crippen MR) is 78.8 cm³/mol. The Morgan fingerprint density at radius 3 is 2.10 bits per heavy atom. The molecule has 0 aliphatic rings. The van der Waals surface area contributed by atoms with Gasteiger partial charge in [-0.05, 0) is 45.4 Å². The summed E-state index contributed by atoms with van der Waals surface area (Å²) in [6, 6.07) is 3.65. The summed E-state index contributed by atoms with van der Waals surface area (Å²) in [5.74, 6) is 0. The number of ether oxygens (including phenoxy) is 2. The van der Waals surface area contributed by atoms with E-state index in [9.17, 15) is 4.57 Å². The van der Waals surface area contributed by atoms with Crippen LogP contribution < -0.4 is 0 Å². The summed E-state index contributed by atoms with van der Waals surface area (Å²) >= 11 is 0. The molecule has 0 aliphatic heterocycles. The zero-order chi connectivity index (χ0) is 15.1. The summed E-state index contributed by atoms with van der Waals surface area (Å²) < 4.78 is 30.1. The standard InChI is InChI=1S/C14H24NO4P/c1-5-17-14(4,18-6-2)20(16,19-7-3)12-13-8-10-15-11-9-13/h8-11H,5-7,12H2,1-4H3. The van der Waals surface area contributed by atoms with Crippen LogP contribution in [-0.4, -0.2) is 30.3 Å². The van der Waals surface area contributed by atoms with Crippen molar-refractivity contribution in [1.82, 2.24) is 4.98 Å². The van der Waals surface area contributed by atoms with Crippen LogP contribution in [0.4, 0.5) is 0 Å². The second kappa shape index (κ2) is 7.89. The Kier molecular flexibility index (Phi) is 6.83. The number of nitrogens with zero attached hydrogens (tertiary/aromatic N) is 1. The summed E-state index contributed by atoms with van der Waals surface area (Å²) in [6.45, 7) is 8.36. The molecule has 0 bridgehead atoms. The van der Waals surface area contributed by atoms with Gasteiger partial charge in [-0.25, -0.2) is 0 Å². The Morgan fingerprint density at radius 2 is 1.65 bits per heavy atom. The monoisotopic (exact) mass is 301 g/mol. The molecule has 0 spiro atoms. The van der Waals surface area contributed by atoms with Gasteiger partial charge in [-0.3, -0.25) is 9.55 Å². The maximum atomic E-state index is 13.3. The summed E-state index contributed by atoms with van der Waals surface area (Å²) in [4.78, 5) is 3.96. The molecule has 0 aliphatic carbocycles. The van der Waals surface area contributed by atoms with Gasteiger partial charge in [0.05, 0.1) is 12.8 Å². The van der Waals surface area contributed by atoms with Crippen LogP contribution in [0.25, 0.3) is 0 Å². The third-order valence-corrected chi connectivity index (χ3v) is 5.87. The molecular weight excluding hydrogens is 277 g/mol. The molecule has 0 amide bonds. The highest BCUT2D eigenvalue weighted by Gasteiger charge is 2.47. The fourth-order valence-corrected chi connectivity index (χ4v) is 4.39. The van der Waals surface area contributed by atoms with Crippen LogP contribution in [0, 0.1) is 0 Å². The number of hydrogen-bond donors (Lipinski definition) is 0. The van der Waals surface area contributed by atoms with Gasteiger partial charge in [0.2, 0.25) is 5.53 Å². The van der Waals surface area contributed by atoms with Crippen LogP contribution in [-0.2, 0) is 24.7 Å². The van der Waals surface area contributed by atoms with E-state index in [0.717, 1.165) is 5.56 Å². The Bertz CT molecular complexity index is 432. The number of rotatable bonds is 9. The fourth-order valence-electron chi connectivity index (χ4n) is 2.02. The quantitative estimate of drug-likeness (QED) is 0.515. The average molecular weight is 301 g/mol. The van der Waals surface area contributed by atoms with Gasteiger partial charge >= 0.3 is 0 Å². The molecule has 0 aromatic carbocycles. The number of pyridine rings is 1. The SMILES string of the molecule is CCOC(C)(OCC)P(=O)(Cc1ccncc1)OCC. The van der Waals surface area contributed by atoms with Gasteiger partial charge in [-0.15, -0.1) is 0 Å². The first kappa shape index (κ1) is 17.3. The maximum absolute atomic E-state index is 13.3. The molecule has 0 saturated heterocycles. The second-order valence-corrected chi connectivity index (χ2v) is 7.10. The molecule has 1 unspecified atom stereocenters. The van der Waals surface area contributed by atoms with Crippen molar-refractivity contribution in [3.63, 3.8) is 0 Å². The number of aromatic nitrogens is 1. The van der Waals surface area contributed by atoms with Crippen LogP contribution in [0.1, 0.15) is 33.3 Å². The van der Waals surface area contributed by atoms with Crippen molar-refractivity contribution in [1.29, 1.82) is 0 Å². The first-order valence-electron chi connectivity index (χ1n) is 6.91. The molecule has 0 N–H and O–H groups in total. The maximum Gasteiger partial charge on any atom is 0.264 e. The molecule has 1 aromatic heterocycles. The van der Waals surface area contributed by atoms with Crippen molar-refractivity contribution in [3.05, 3.63) is 30.1 Å². The van der Waals surface area contributed by atoms with E-state index >= 15 is 0 Å². The van der Waals surface area contributed by atoms with Crippen LogP contribution in [0.2, 0.25) is 0 Å². The smallest absolute Gasteiger partial charge is 0.264 e. The van der Waals surface area contributed by atoms with Crippen molar-refractivity contribution >= 4 is 7.37 Å². The first-order chi connectivity index (χ1) is 9.51. The van der Waals surface area contributed by atoms with Crippen molar-refractivity contribution in [2.75, 3.05) is 19.8 Å². The van der Waals surface area contributed by atoms with Gasteiger partial charge in [0.15, 0.2) is 0 Å². The van der Waals surface area contributed by atoms with Crippen LogP contribution in [0.15, 0.2) is 24.5 Å². The van der Waals surface area contributed by atoms with E-state index in [2.05, 4.69) is 4.98 Å². The second-order valence-electron chi connectivity index (χ2n) is 4.37. The largest absolute Gasteiger partial charge is 0.342 e. The Labute approximate surface area is 121 Å². The van der Waals surface area contributed by atoms with Crippen molar-refractivity contribution in [3.8, 4) is 0 Å². The lowest BCUT2D eigenvalue weighted by Gasteiger charge is -2.36. The Hall–Kier alpha value is -0.740. The molecule has 114 valence electrons. The summed E-state index contributed by atoms with van der Waals surface area (Å²) in [6.07, 6.45) is 3.61. The summed E-state index contributed by atoms with van der Waals surface area (Å²) in [5, 5.41) is 0. The van der Waals surface area contributed by atoms with Gasteiger partial charge in [0.1, 0.15) is 0 Å². The Morgan fingerprint density at radius 1 is 1.10 bits per heavy atom. The van der Waals surface area contributed by atoms with Gasteiger partial charge in [-0.1, -0.05) is 0 Å². The third-order valence-electron chi connectivity index (χ3n) is 2.92. The van der Waals surface area contributed by atoms with Gasteiger partial charge in [-0.2, -0.15) is 0 Å². The predicted octanol–water partition coefficient (Wildman–Crippen LogP) is 3.64. The highest BCUT2D eigenvalue weighted by molar-refractivity contribution is 7.59. The van der Waals surface area contributed by atoms with E-state index in [0.29, 0.717) is 19.8 Å². The minimum atomic E-state index is -3.17. The van der Waals surface area contributed by atoms with E-state index < -0.39 is 12.9 Å². The molecule has 6 heteroatoms. The average Bonchev–Trinajstić information content (AvgIpc) is 2.40. The highest BCUT2D eigenvalue weighted by Crippen LogP contribution is 2.62. The van der Waals surface area contributed by atoms with Crippen LogP contribution in [0.5, 0.6) is 0 Å². The lowest BCUT2D eigenvalue weighted by Crippen LogP contribution is -2.34. The van der Waals surface area contributed by atoms with E-state index in [1.54, 1.807) is 19.3 Å². The molecule has 0 fully saturated rings. The minimum absolute atomic E-state index is 0.264. The summed E-state index contributed by atoms with van der Waals surface area (Å²) in [5.41, 5.74) is -0.335. The molecule has 5 nitrogen and oxygen atoms in total. The zero-order valence-corrected chi connectivity index (χ0v) is 13.6. The molecule has 20 heavy (non-hydrogen) atoms. The molecule has 1 heterocycles. The normalized spacial score (nSPS) is 15.0. The first-order valence-corrected chi connectivity index (χ1v) is 8.72. The van der Waals surface area contributed by atoms with Crippen molar-refractivity contribution < 1.29 is 18.6 Å². The molecular formula is C14H24NO4P. The van der Waals surface area contributed by atoms with Gasteiger partial charge < -0.3 is 14.0 Å². The van der Waals surface area contributed by atoms with E-state index in [1.165, 1.54) is 0 Å². The number of hydrogen-bond acceptors (Lipinski definition) is 5. The zero-order valence-electron chi connectivity index (χ0n) is 12.7. The van der Waals surface area contributed by atoms with Gasteiger partial charge in [0.25, 0.3) is 7.37 Å². The lowest BCUT2D eigenvalue weighted by atomic mass is 10.3. The molecule has 0 radical (unpaired) electrons. The molecule has 1 rings (SSSR count). The summed E-state index contributed by atoms with van der Waals surface area (Å²) in [7, 11) is -3.17. The molecule has 1 aromatic rings. The van der Waals surface area contributed by atoms with Crippen LogP contribution in [0.3, 0.4) is 0 Å². The van der Waals surface area contributed by atoms with Crippen molar-refractivity contribution in [2.45, 2.75) is 39.4 Å². The van der Waals surface area contributed by atoms with Gasteiger partial charge in [0, 0.05) is 25.6 Å². The Balaban J connectivity index is 3.07. The fraction of sp³-hybridized carbons (Fsp3) is 0.643. The van der Waals surface area contributed by atoms with E-state index in [4.69, 9.17) is 14.0 Å². The third kappa shape index (κ3) is 4.13. The van der Waals surface area contributed by atoms with Crippen LogP contribution >= 0.6 is 7.37 Å².